The molecule has 0 bridgehead atoms. The quantitative estimate of drug-likeness (QED) is 0.382. The predicted octanol–water partition coefficient (Wildman–Crippen LogP) is 3.97. The normalized spacial score (nSPS) is 12.3. The minimum absolute atomic E-state index is 0.242. The van der Waals surface area contributed by atoms with Gasteiger partial charge in [-0.05, 0) is 29.8 Å². The van der Waals surface area contributed by atoms with Gasteiger partial charge in [-0.1, -0.05) is 6.07 Å². The van der Waals surface area contributed by atoms with Crippen molar-refractivity contribution in [3.8, 4) is 28.9 Å². The summed E-state index contributed by atoms with van der Waals surface area (Å²) in [7, 11) is 3.24. The van der Waals surface area contributed by atoms with E-state index in [1.54, 1.807) is 58.9 Å². The summed E-state index contributed by atoms with van der Waals surface area (Å²) in [5.74, 6) is -0.185. The maximum absolute atomic E-state index is 13.4. The van der Waals surface area contributed by atoms with E-state index in [0.717, 1.165) is 6.07 Å². The van der Waals surface area contributed by atoms with Gasteiger partial charge in [-0.3, -0.25) is 9.55 Å². The van der Waals surface area contributed by atoms with Crippen molar-refractivity contribution in [3.05, 3.63) is 66.2 Å². The van der Waals surface area contributed by atoms with Gasteiger partial charge in [0.15, 0.2) is 0 Å². The fraction of sp³-hybridized carbons (Fsp3) is 0.125. The van der Waals surface area contributed by atoms with E-state index in [1.807, 2.05) is 6.19 Å². The second-order valence-corrected chi connectivity index (χ2v) is 7.84. The van der Waals surface area contributed by atoms with Crippen LogP contribution in [0.4, 0.5) is 19.0 Å². The van der Waals surface area contributed by atoms with Crippen LogP contribution < -0.4 is 16.1 Å². The number of methoxy groups -OCH3 is 1. The number of alkyl halides is 3. The number of nitrogens with zero attached hydrogens (tertiary/aromatic N) is 7. The van der Waals surface area contributed by atoms with Gasteiger partial charge in [0.25, 0.3) is 0 Å². The van der Waals surface area contributed by atoms with Crippen LogP contribution in [0.15, 0.2) is 60.0 Å². The molecule has 0 atom stereocenters. The average Bonchev–Trinajstić information content (AvgIpc) is 3.15. The van der Waals surface area contributed by atoms with E-state index in [-0.39, 0.29) is 5.56 Å². The molecule has 0 spiro atoms. The highest BCUT2D eigenvalue weighted by Crippen LogP contribution is 2.36. The fourth-order valence-corrected chi connectivity index (χ4v) is 4.09. The first-order chi connectivity index (χ1) is 17.2. The second-order valence-electron chi connectivity index (χ2n) is 7.84. The molecular weight excluding hydrogens is 473 g/mol. The number of halogens is 3. The smallest absolute Gasteiger partial charge is 0.419 e. The number of nitrogen functional groups attached to an aromatic ring is 1. The minimum Gasteiger partial charge on any atom is -0.481 e. The number of aryl methyl sites for hydroxylation is 1. The number of hydrogen-bond acceptors (Lipinski definition) is 7. The van der Waals surface area contributed by atoms with Crippen molar-refractivity contribution >= 4 is 27.8 Å². The maximum Gasteiger partial charge on any atom is 0.419 e. The zero-order valence-corrected chi connectivity index (χ0v) is 18.9. The number of nitrogens with two attached hydrogens (primary N) is 1. The van der Waals surface area contributed by atoms with Gasteiger partial charge in [0.05, 0.1) is 47.3 Å². The number of imidazole rings is 1. The average molecular weight is 490 g/mol. The topological polar surface area (TPSA) is 120 Å². The van der Waals surface area contributed by atoms with E-state index < -0.39 is 17.6 Å². The van der Waals surface area contributed by atoms with E-state index >= 15 is 0 Å². The number of rotatable bonds is 3. The van der Waals surface area contributed by atoms with Gasteiger partial charge in [0, 0.05) is 30.3 Å². The Kier molecular flexibility index (Phi) is 5.32. The van der Waals surface area contributed by atoms with Gasteiger partial charge in [-0.25, -0.2) is 9.97 Å². The zero-order valence-electron chi connectivity index (χ0n) is 18.9. The maximum atomic E-state index is 13.4. The first-order valence-corrected chi connectivity index (χ1v) is 10.5. The Balaban J connectivity index is 1.84. The highest BCUT2D eigenvalue weighted by molar-refractivity contribution is 6.04. The molecule has 2 N–H and O–H groups in total. The molecule has 36 heavy (non-hydrogen) atoms. The van der Waals surface area contributed by atoms with Crippen molar-refractivity contribution in [2.24, 2.45) is 12.0 Å². The highest BCUT2D eigenvalue weighted by Gasteiger charge is 2.34. The van der Waals surface area contributed by atoms with E-state index in [4.69, 9.17) is 10.5 Å². The summed E-state index contributed by atoms with van der Waals surface area (Å²) in [6.45, 7) is 0. The van der Waals surface area contributed by atoms with E-state index in [2.05, 4.69) is 19.9 Å². The standard InChI is InChI=1S/C24H17F3N8O/c1-34-19-11-30-18-5-3-13(14-8-17(24(25,26)27)22(29)32-9-14)7-16(18)21(19)35(23(34)33-12-28)15-4-6-20(36-2)31-10-15/h3-11H,1-2H3,(H2,29,32). The Morgan fingerprint density at radius 3 is 2.50 bits per heavy atom. The molecule has 0 saturated carbocycles. The van der Waals surface area contributed by atoms with Crippen molar-refractivity contribution in [2.75, 3.05) is 12.8 Å². The number of aromatic nitrogens is 5. The molecule has 4 aromatic heterocycles. The van der Waals surface area contributed by atoms with Crippen LogP contribution in [0.25, 0.3) is 38.8 Å². The third-order valence-electron chi connectivity index (χ3n) is 5.80. The summed E-state index contributed by atoms with van der Waals surface area (Å²) in [6.07, 6.45) is 1.69. The SMILES string of the molecule is COc1ccc(-n2c(=NC#N)n(C)c3cnc4ccc(-c5cnc(N)c(C(F)(F)F)c5)cc4c32)cn1. The Bertz CT molecular complexity index is 1750. The fourth-order valence-electron chi connectivity index (χ4n) is 4.09. The lowest BCUT2D eigenvalue weighted by atomic mass is 10.0. The molecular formula is C24H17F3N8O. The summed E-state index contributed by atoms with van der Waals surface area (Å²) in [4.78, 5) is 16.5. The molecule has 5 aromatic rings. The Morgan fingerprint density at radius 2 is 1.83 bits per heavy atom. The van der Waals surface area contributed by atoms with E-state index in [9.17, 15) is 18.4 Å². The van der Waals surface area contributed by atoms with Crippen molar-refractivity contribution in [3.63, 3.8) is 0 Å². The van der Waals surface area contributed by atoms with E-state index in [1.165, 1.54) is 13.3 Å². The van der Waals surface area contributed by atoms with Crippen LogP contribution in [0.5, 0.6) is 5.88 Å². The lowest BCUT2D eigenvalue weighted by Gasteiger charge is -2.12. The molecule has 0 saturated heterocycles. The third kappa shape index (κ3) is 3.67. The number of benzene rings is 1. The Labute approximate surface area is 201 Å². The molecule has 0 unspecified atom stereocenters. The second kappa shape index (κ2) is 8.38. The van der Waals surface area contributed by atoms with Gasteiger partial charge in [0.2, 0.25) is 17.7 Å². The Morgan fingerprint density at radius 1 is 1.03 bits per heavy atom. The molecule has 9 nitrogen and oxygen atoms in total. The van der Waals surface area contributed by atoms with Gasteiger partial charge in [-0.15, -0.1) is 4.99 Å². The number of ether oxygens (including phenoxy) is 1. The monoisotopic (exact) mass is 490 g/mol. The molecule has 0 aliphatic carbocycles. The summed E-state index contributed by atoms with van der Waals surface area (Å²) >= 11 is 0. The largest absolute Gasteiger partial charge is 0.481 e. The zero-order chi connectivity index (χ0) is 25.6. The van der Waals surface area contributed by atoms with Crippen LogP contribution >= 0.6 is 0 Å². The molecule has 1 aromatic carbocycles. The number of hydrogen-bond donors (Lipinski definition) is 1. The first kappa shape index (κ1) is 22.9. The predicted molar refractivity (Wildman–Crippen MR) is 126 cm³/mol. The highest BCUT2D eigenvalue weighted by atomic mass is 19.4. The number of fused-ring (bicyclic) bond motifs is 3. The van der Waals surface area contributed by atoms with Crippen molar-refractivity contribution in [1.29, 1.82) is 5.26 Å². The molecule has 0 amide bonds. The minimum atomic E-state index is -4.64. The van der Waals surface area contributed by atoms with Crippen LogP contribution in [0.1, 0.15) is 5.56 Å². The number of anilines is 1. The van der Waals surface area contributed by atoms with E-state index in [0.29, 0.717) is 44.7 Å². The van der Waals surface area contributed by atoms with Gasteiger partial charge < -0.3 is 15.0 Å². The molecule has 0 aliphatic rings. The molecule has 12 heteroatoms. The van der Waals surface area contributed by atoms with Crippen LogP contribution in [0.2, 0.25) is 0 Å². The van der Waals surface area contributed by atoms with Gasteiger partial charge in [-0.2, -0.15) is 18.4 Å². The molecule has 5 rings (SSSR count). The molecule has 0 aliphatic heterocycles. The Hall–Kier alpha value is -4.92. The van der Waals surface area contributed by atoms with Gasteiger partial charge >= 0.3 is 6.18 Å². The lowest BCUT2D eigenvalue weighted by Crippen LogP contribution is -2.22. The van der Waals surface area contributed by atoms with Crippen molar-refractivity contribution < 1.29 is 17.9 Å². The first-order valence-electron chi connectivity index (χ1n) is 10.5. The van der Waals surface area contributed by atoms with Crippen LogP contribution in [0.3, 0.4) is 0 Å². The van der Waals surface area contributed by atoms with Crippen molar-refractivity contribution in [1.82, 2.24) is 24.1 Å². The number of nitriles is 1. The van der Waals surface area contributed by atoms with Crippen molar-refractivity contribution in [2.45, 2.75) is 6.18 Å². The molecule has 4 heterocycles. The molecule has 0 radical (unpaired) electrons. The summed E-state index contributed by atoms with van der Waals surface area (Å²) < 4.78 is 48.9. The van der Waals surface area contributed by atoms with Crippen LogP contribution in [0, 0.1) is 11.5 Å². The van der Waals surface area contributed by atoms with Crippen LogP contribution in [-0.2, 0) is 13.2 Å². The lowest BCUT2D eigenvalue weighted by molar-refractivity contribution is -0.137. The van der Waals surface area contributed by atoms with Crippen LogP contribution in [-0.4, -0.2) is 31.2 Å². The third-order valence-corrected chi connectivity index (χ3v) is 5.80. The van der Waals surface area contributed by atoms with Gasteiger partial charge in [0.1, 0.15) is 5.82 Å². The number of pyridine rings is 3. The molecule has 180 valence electrons. The molecule has 0 fully saturated rings. The summed E-state index contributed by atoms with van der Waals surface area (Å²) in [5, 5.41) is 9.97. The summed E-state index contributed by atoms with van der Waals surface area (Å²) in [5.41, 5.74) is 7.99. The summed E-state index contributed by atoms with van der Waals surface area (Å²) in [6, 6.07) is 9.50.